The molecule has 0 fully saturated rings. The zero-order chi connectivity index (χ0) is 7.28. The summed E-state index contributed by atoms with van der Waals surface area (Å²) in [6, 6.07) is 0. The minimum atomic E-state index is 0.850. The van der Waals surface area contributed by atoms with Crippen LogP contribution in [0.3, 0.4) is 0 Å². The van der Waals surface area contributed by atoms with E-state index in [0.29, 0.717) is 0 Å². The molecule has 9 heavy (non-hydrogen) atoms. The van der Waals surface area contributed by atoms with Gasteiger partial charge in [-0.15, -0.1) is 11.8 Å². The zero-order valence-corrected chi connectivity index (χ0v) is 7.18. The Hall–Kier alpha value is -0.0900. The highest BCUT2D eigenvalue weighted by Crippen LogP contribution is 2.20. The van der Waals surface area contributed by atoms with Crippen LogP contribution < -0.4 is 5.84 Å². The molecule has 0 unspecified atom stereocenters. The number of thioether (sulfide) groups is 2. The van der Waals surface area contributed by atoms with E-state index >= 15 is 0 Å². The van der Waals surface area contributed by atoms with Gasteiger partial charge in [0.25, 0.3) is 0 Å². The Bertz CT molecular complexity index is 131. The van der Waals surface area contributed by atoms with E-state index in [9.17, 15) is 0 Å². The molecule has 0 atom stereocenters. The van der Waals surface area contributed by atoms with E-state index in [0.717, 1.165) is 9.28 Å². The molecule has 0 spiro atoms. The Morgan fingerprint density at radius 2 is 2.22 bits per heavy atom. The summed E-state index contributed by atoms with van der Waals surface area (Å²) in [6.45, 7) is 5.63. The van der Waals surface area contributed by atoms with Crippen molar-refractivity contribution in [1.82, 2.24) is 0 Å². The molecule has 0 saturated heterocycles. The molecule has 0 aliphatic carbocycles. The van der Waals surface area contributed by atoms with Crippen LogP contribution in [0.5, 0.6) is 0 Å². The van der Waals surface area contributed by atoms with E-state index in [2.05, 4.69) is 11.7 Å². The lowest BCUT2D eigenvalue weighted by Crippen LogP contribution is -1.89. The summed E-state index contributed by atoms with van der Waals surface area (Å²) in [5.41, 5.74) is 0. The van der Waals surface area contributed by atoms with Gasteiger partial charge in [0.2, 0.25) is 0 Å². The fourth-order valence-corrected chi connectivity index (χ4v) is 1.49. The lowest BCUT2D eigenvalue weighted by molar-refractivity contribution is 1.27. The third kappa shape index (κ3) is 4.42. The van der Waals surface area contributed by atoms with Crippen LogP contribution in [0, 0.1) is 0 Å². The summed E-state index contributed by atoms with van der Waals surface area (Å²) in [6.07, 6.45) is 1.93. The monoisotopic (exact) mass is 162 g/mol. The molecule has 0 aromatic carbocycles. The second kappa shape index (κ2) is 4.76. The standard InChI is InChI=1S/C5H10N2S2/c1-4(2)9-5(7-6)8-3/h1,6H2,2-3H3/b7-5-. The van der Waals surface area contributed by atoms with E-state index in [1.54, 1.807) is 0 Å². The summed E-state index contributed by atoms with van der Waals surface area (Å²) < 4.78 is 0.850. The van der Waals surface area contributed by atoms with Crippen LogP contribution in [-0.4, -0.2) is 10.6 Å². The zero-order valence-electron chi connectivity index (χ0n) is 5.55. The number of nitrogens with two attached hydrogens (primary N) is 1. The highest BCUT2D eigenvalue weighted by Gasteiger charge is 1.95. The van der Waals surface area contributed by atoms with Gasteiger partial charge >= 0.3 is 0 Å². The van der Waals surface area contributed by atoms with Crippen molar-refractivity contribution in [3.63, 3.8) is 0 Å². The fourth-order valence-electron chi connectivity index (χ4n) is 0.270. The lowest BCUT2D eigenvalue weighted by Gasteiger charge is -1.97. The van der Waals surface area contributed by atoms with Crippen LogP contribution in [0.2, 0.25) is 0 Å². The average molecular weight is 162 g/mol. The van der Waals surface area contributed by atoms with Crippen molar-refractivity contribution in [3.05, 3.63) is 11.5 Å². The van der Waals surface area contributed by atoms with Gasteiger partial charge in [0.1, 0.15) is 0 Å². The van der Waals surface area contributed by atoms with E-state index in [4.69, 9.17) is 5.84 Å². The maximum Gasteiger partial charge on any atom is 0.153 e. The number of rotatable bonds is 1. The largest absolute Gasteiger partial charge is 0.322 e. The summed E-state index contributed by atoms with van der Waals surface area (Å²) in [7, 11) is 0. The molecular weight excluding hydrogens is 152 g/mol. The molecule has 4 heteroatoms. The van der Waals surface area contributed by atoms with Gasteiger partial charge in [-0.1, -0.05) is 18.3 Å². The minimum Gasteiger partial charge on any atom is -0.322 e. The average Bonchev–Trinajstić information content (AvgIpc) is 1.82. The molecule has 0 bridgehead atoms. The van der Waals surface area contributed by atoms with E-state index in [1.807, 2.05) is 13.2 Å². The molecule has 0 radical (unpaired) electrons. The smallest absolute Gasteiger partial charge is 0.153 e. The summed E-state index contributed by atoms with van der Waals surface area (Å²) in [5, 5.41) is 3.53. The van der Waals surface area contributed by atoms with Gasteiger partial charge < -0.3 is 5.84 Å². The molecular formula is C5H10N2S2. The van der Waals surface area contributed by atoms with Crippen LogP contribution in [0.1, 0.15) is 6.92 Å². The van der Waals surface area contributed by atoms with Crippen molar-refractivity contribution in [3.8, 4) is 0 Å². The molecule has 0 rings (SSSR count). The van der Waals surface area contributed by atoms with Crippen LogP contribution in [0.4, 0.5) is 0 Å². The van der Waals surface area contributed by atoms with Gasteiger partial charge in [-0.05, 0) is 18.1 Å². The van der Waals surface area contributed by atoms with Crippen molar-refractivity contribution >= 4 is 27.9 Å². The normalized spacial score (nSPS) is 11.6. The molecule has 0 heterocycles. The predicted molar refractivity (Wildman–Crippen MR) is 47.5 cm³/mol. The van der Waals surface area contributed by atoms with Crippen molar-refractivity contribution in [1.29, 1.82) is 0 Å². The predicted octanol–water partition coefficient (Wildman–Crippen LogP) is 1.85. The second-order valence-electron chi connectivity index (χ2n) is 1.40. The van der Waals surface area contributed by atoms with Crippen LogP contribution in [0.25, 0.3) is 0 Å². The molecule has 0 aromatic rings. The molecule has 2 N–H and O–H groups in total. The molecule has 0 amide bonds. The quantitative estimate of drug-likeness (QED) is 0.277. The number of hydrazone groups is 1. The van der Waals surface area contributed by atoms with Gasteiger partial charge in [0.05, 0.1) is 0 Å². The number of nitrogens with zero attached hydrogens (tertiary/aromatic N) is 1. The summed E-state index contributed by atoms with van der Waals surface area (Å²) >= 11 is 3.02. The topological polar surface area (TPSA) is 38.4 Å². The molecule has 0 saturated carbocycles. The number of hydrogen-bond donors (Lipinski definition) is 1. The first kappa shape index (κ1) is 8.91. The highest BCUT2D eigenvalue weighted by molar-refractivity contribution is 8.40. The first-order chi connectivity index (χ1) is 4.20. The van der Waals surface area contributed by atoms with Gasteiger partial charge in [-0.3, -0.25) is 0 Å². The Morgan fingerprint density at radius 3 is 2.33 bits per heavy atom. The number of allylic oxidation sites excluding steroid dienone is 1. The summed E-state index contributed by atoms with van der Waals surface area (Å²) in [4.78, 5) is 1.01. The van der Waals surface area contributed by atoms with Crippen molar-refractivity contribution in [2.24, 2.45) is 10.9 Å². The third-order valence-electron chi connectivity index (χ3n) is 0.542. The lowest BCUT2D eigenvalue weighted by atomic mass is 10.8. The Morgan fingerprint density at radius 1 is 1.67 bits per heavy atom. The molecule has 0 aliphatic rings. The van der Waals surface area contributed by atoms with Crippen LogP contribution in [0.15, 0.2) is 16.6 Å². The SMILES string of the molecule is C=C(C)S/C(=N\N)SC. The van der Waals surface area contributed by atoms with E-state index < -0.39 is 0 Å². The Labute approximate surface area is 64.0 Å². The highest BCUT2D eigenvalue weighted by atomic mass is 32.2. The van der Waals surface area contributed by atoms with Crippen molar-refractivity contribution in [2.45, 2.75) is 6.92 Å². The van der Waals surface area contributed by atoms with E-state index in [1.165, 1.54) is 23.5 Å². The second-order valence-corrected chi connectivity index (χ2v) is 3.74. The van der Waals surface area contributed by atoms with Crippen LogP contribution >= 0.6 is 23.5 Å². The van der Waals surface area contributed by atoms with E-state index in [-0.39, 0.29) is 0 Å². The van der Waals surface area contributed by atoms with Gasteiger partial charge in [0, 0.05) is 0 Å². The maximum absolute atomic E-state index is 5.04. The third-order valence-corrected chi connectivity index (χ3v) is 2.37. The first-order valence-electron chi connectivity index (χ1n) is 2.36. The minimum absolute atomic E-state index is 0.850. The van der Waals surface area contributed by atoms with Gasteiger partial charge in [-0.2, -0.15) is 5.10 Å². The van der Waals surface area contributed by atoms with Crippen LogP contribution in [-0.2, 0) is 0 Å². The molecule has 52 valence electrons. The Balaban J connectivity index is 3.71. The summed E-state index contributed by atoms with van der Waals surface area (Å²) in [5.74, 6) is 5.04. The van der Waals surface area contributed by atoms with Crippen molar-refractivity contribution < 1.29 is 0 Å². The fraction of sp³-hybridized carbons (Fsp3) is 0.400. The first-order valence-corrected chi connectivity index (χ1v) is 4.40. The van der Waals surface area contributed by atoms with Gasteiger partial charge in [-0.25, -0.2) is 0 Å². The molecule has 0 aliphatic heterocycles. The molecule has 2 nitrogen and oxygen atoms in total. The number of hydrogen-bond acceptors (Lipinski definition) is 4. The van der Waals surface area contributed by atoms with Crippen molar-refractivity contribution in [2.75, 3.05) is 6.26 Å². The Kier molecular flexibility index (Phi) is 4.71. The maximum atomic E-state index is 5.04. The molecule has 0 aromatic heterocycles. The van der Waals surface area contributed by atoms with Gasteiger partial charge in [0.15, 0.2) is 4.38 Å².